The van der Waals surface area contributed by atoms with Crippen LogP contribution >= 0.6 is 11.3 Å². The predicted octanol–water partition coefficient (Wildman–Crippen LogP) is 4.96. The third kappa shape index (κ3) is 5.89. The van der Waals surface area contributed by atoms with Gasteiger partial charge in [-0.2, -0.15) is 0 Å². The van der Waals surface area contributed by atoms with Crippen LogP contribution in [0, 0.1) is 12.8 Å². The highest BCUT2D eigenvalue weighted by atomic mass is 32.1. The lowest BCUT2D eigenvalue weighted by Crippen LogP contribution is -2.22. The molecule has 3 rings (SSSR count). The number of thiazole rings is 1. The molecular formula is C22H27N3O4S. The zero-order chi connectivity index (χ0) is 21.5. The molecule has 1 aliphatic rings. The number of aromatic nitrogens is 1. The minimum Gasteiger partial charge on any atom is -0.466 e. The van der Waals surface area contributed by atoms with E-state index in [1.807, 2.05) is 19.1 Å². The third-order valence-corrected chi connectivity index (χ3v) is 6.04. The predicted molar refractivity (Wildman–Crippen MR) is 117 cm³/mol. The Labute approximate surface area is 180 Å². The Balaban J connectivity index is 1.61. The monoisotopic (exact) mass is 429 g/mol. The number of benzene rings is 1. The Kier molecular flexibility index (Phi) is 7.57. The van der Waals surface area contributed by atoms with Gasteiger partial charge in [0.05, 0.1) is 18.7 Å². The summed E-state index contributed by atoms with van der Waals surface area (Å²) in [5.74, 6) is -0.115. The first-order valence-electron chi connectivity index (χ1n) is 10.3. The molecule has 1 heterocycles. The summed E-state index contributed by atoms with van der Waals surface area (Å²) in [7, 11) is 0. The minimum atomic E-state index is -0.453. The maximum atomic E-state index is 12.9. The number of Topliss-reactive ketones (excluding diaryl/α,β-unsaturated/α-hetero) is 1. The molecule has 0 aliphatic heterocycles. The van der Waals surface area contributed by atoms with E-state index in [4.69, 9.17) is 4.74 Å². The van der Waals surface area contributed by atoms with Crippen LogP contribution in [0.25, 0.3) is 0 Å². The van der Waals surface area contributed by atoms with E-state index in [9.17, 15) is 14.4 Å². The van der Waals surface area contributed by atoms with Crippen LogP contribution in [-0.4, -0.2) is 29.4 Å². The highest BCUT2D eigenvalue weighted by Gasteiger charge is 2.26. The maximum Gasteiger partial charge on any atom is 0.325 e. The van der Waals surface area contributed by atoms with Gasteiger partial charge in [-0.3, -0.25) is 14.9 Å². The van der Waals surface area contributed by atoms with Gasteiger partial charge in [-0.15, -0.1) is 11.3 Å². The molecule has 0 unspecified atom stereocenters. The fraction of sp³-hybridized carbons (Fsp3) is 0.455. The van der Waals surface area contributed by atoms with Crippen LogP contribution in [0.3, 0.4) is 0 Å². The number of aryl methyl sites for hydroxylation is 2. The summed E-state index contributed by atoms with van der Waals surface area (Å²) in [5, 5.41) is 5.92. The fourth-order valence-electron chi connectivity index (χ4n) is 3.57. The van der Waals surface area contributed by atoms with E-state index in [1.54, 1.807) is 19.2 Å². The number of amides is 2. The van der Waals surface area contributed by atoms with Gasteiger partial charge in [0, 0.05) is 22.6 Å². The van der Waals surface area contributed by atoms with Crippen LogP contribution in [0.1, 0.15) is 59.8 Å². The van der Waals surface area contributed by atoms with Gasteiger partial charge >= 0.3 is 12.0 Å². The zero-order valence-corrected chi connectivity index (χ0v) is 18.1. The molecule has 0 saturated heterocycles. The van der Waals surface area contributed by atoms with Gasteiger partial charge in [-0.1, -0.05) is 24.5 Å². The number of rotatable bonds is 8. The van der Waals surface area contributed by atoms with Crippen molar-refractivity contribution in [1.82, 2.24) is 4.98 Å². The maximum absolute atomic E-state index is 12.9. The highest BCUT2D eigenvalue weighted by Crippen LogP contribution is 2.31. The van der Waals surface area contributed by atoms with Crippen molar-refractivity contribution in [2.45, 2.75) is 52.4 Å². The average molecular weight is 430 g/mol. The summed E-state index contributed by atoms with van der Waals surface area (Å²) in [4.78, 5) is 41.9. The van der Waals surface area contributed by atoms with E-state index in [2.05, 4.69) is 15.6 Å². The molecule has 1 aromatic carbocycles. The van der Waals surface area contributed by atoms with E-state index in [-0.39, 0.29) is 24.1 Å². The Bertz CT molecular complexity index is 919. The molecule has 160 valence electrons. The Morgan fingerprint density at radius 3 is 2.70 bits per heavy atom. The number of esters is 1. The van der Waals surface area contributed by atoms with Crippen molar-refractivity contribution in [2.75, 3.05) is 17.2 Å². The van der Waals surface area contributed by atoms with Gasteiger partial charge in [0.1, 0.15) is 0 Å². The molecule has 1 saturated carbocycles. The molecule has 0 spiro atoms. The van der Waals surface area contributed by atoms with Gasteiger partial charge in [-0.05, 0) is 45.2 Å². The van der Waals surface area contributed by atoms with Crippen molar-refractivity contribution in [1.29, 1.82) is 0 Å². The van der Waals surface area contributed by atoms with Crippen molar-refractivity contribution in [3.63, 3.8) is 0 Å². The van der Waals surface area contributed by atoms with Gasteiger partial charge in [-0.25, -0.2) is 9.78 Å². The van der Waals surface area contributed by atoms with Gasteiger partial charge in [0.2, 0.25) is 0 Å². The van der Waals surface area contributed by atoms with Gasteiger partial charge in [0.25, 0.3) is 0 Å². The molecule has 0 radical (unpaired) electrons. The van der Waals surface area contributed by atoms with E-state index in [1.165, 1.54) is 11.3 Å². The number of nitrogens with one attached hydrogen (secondary N) is 2. The molecule has 1 fully saturated rings. The third-order valence-electron chi connectivity index (χ3n) is 5.07. The Hall–Kier alpha value is -2.74. The second kappa shape index (κ2) is 10.3. The second-order valence-corrected chi connectivity index (χ2v) is 8.53. The van der Waals surface area contributed by atoms with Crippen molar-refractivity contribution in [3.05, 3.63) is 40.4 Å². The van der Waals surface area contributed by atoms with E-state index >= 15 is 0 Å². The van der Waals surface area contributed by atoms with E-state index in [0.29, 0.717) is 29.4 Å². The van der Waals surface area contributed by atoms with Crippen LogP contribution in [0.15, 0.2) is 24.4 Å². The van der Waals surface area contributed by atoms with E-state index in [0.717, 1.165) is 36.1 Å². The summed E-state index contributed by atoms with van der Waals surface area (Å²) < 4.78 is 4.92. The highest BCUT2D eigenvalue weighted by molar-refractivity contribution is 7.15. The van der Waals surface area contributed by atoms with Gasteiger partial charge in [0.15, 0.2) is 10.9 Å². The van der Waals surface area contributed by atoms with Crippen LogP contribution in [0.4, 0.5) is 15.6 Å². The summed E-state index contributed by atoms with van der Waals surface area (Å²) >= 11 is 1.31. The molecule has 1 aromatic heterocycles. The first kappa shape index (κ1) is 22.0. The van der Waals surface area contributed by atoms with Crippen LogP contribution in [0.2, 0.25) is 0 Å². The molecule has 8 heteroatoms. The summed E-state index contributed by atoms with van der Waals surface area (Å²) in [5.41, 5.74) is 2.05. The van der Waals surface area contributed by atoms with Gasteiger partial charge < -0.3 is 10.1 Å². The van der Waals surface area contributed by atoms with E-state index < -0.39 is 6.03 Å². The van der Waals surface area contributed by atoms with Crippen molar-refractivity contribution in [2.24, 2.45) is 5.92 Å². The molecule has 0 bridgehead atoms. The van der Waals surface area contributed by atoms with Crippen LogP contribution < -0.4 is 10.6 Å². The molecule has 7 nitrogen and oxygen atoms in total. The molecule has 2 N–H and O–H groups in total. The number of ether oxygens (including phenoxy) is 1. The number of ketones is 1. The lowest BCUT2D eigenvalue weighted by atomic mass is 9.94. The number of hydrogen-bond donors (Lipinski definition) is 2. The number of urea groups is 1. The second-order valence-electron chi connectivity index (χ2n) is 7.41. The molecule has 30 heavy (non-hydrogen) atoms. The van der Waals surface area contributed by atoms with Crippen LogP contribution in [-0.2, 0) is 16.0 Å². The molecule has 2 aromatic rings. The summed E-state index contributed by atoms with van der Waals surface area (Å²) in [6.45, 7) is 4.06. The summed E-state index contributed by atoms with van der Waals surface area (Å²) in [6, 6.07) is 5.03. The zero-order valence-electron chi connectivity index (χ0n) is 17.3. The summed E-state index contributed by atoms with van der Waals surface area (Å²) in [6.07, 6.45) is 6.40. The largest absolute Gasteiger partial charge is 0.466 e. The number of carbonyl (C=O) groups is 3. The number of anilines is 2. The van der Waals surface area contributed by atoms with Crippen molar-refractivity contribution in [3.8, 4) is 0 Å². The quantitative estimate of drug-likeness (QED) is 0.456. The molecule has 0 atom stereocenters. The van der Waals surface area contributed by atoms with Crippen molar-refractivity contribution < 1.29 is 19.1 Å². The van der Waals surface area contributed by atoms with Crippen molar-refractivity contribution >= 4 is 39.9 Å². The fourth-order valence-corrected chi connectivity index (χ4v) is 4.38. The smallest absolute Gasteiger partial charge is 0.325 e. The number of hydrogen-bond acceptors (Lipinski definition) is 6. The number of carbonyl (C=O) groups excluding carboxylic acids is 3. The first-order chi connectivity index (χ1) is 14.5. The first-order valence-corrected chi connectivity index (χ1v) is 11.1. The molecule has 1 aliphatic carbocycles. The standard InChI is InChI=1S/C22H27N3O4S/c1-3-29-19(26)11-9-16-13-23-22(30-16)25-21(28)24-18-10-8-14(2)12-17(18)20(27)15-6-4-5-7-15/h8,10,12-13,15H,3-7,9,11H2,1-2H3,(H2,23,24,25,28). The molecule has 2 amide bonds. The lowest BCUT2D eigenvalue weighted by molar-refractivity contribution is -0.143. The lowest BCUT2D eigenvalue weighted by Gasteiger charge is -2.14. The molecular weight excluding hydrogens is 402 g/mol. The Morgan fingerprint density at radius 2 is 1.97 bits per heavy atom. The topological polar surface area (TPSA) is 97.4 Å². The Morgan fingerprint density at radius 1 is 1.20 bits per heavy atom. The number of nitrogens with zero attached hydrogens (tertiary/aromatic N) is 1. The minimum absolute atomic E-state index is 0.0383. The average Bonchev–Trinajstić information content (AvgIpc) is 3.39. The van der Waals surface area contributed by atoms with Crippen LogP contribution in [0.5, 0.6) is 0 Å². The normalized spacial score (nSPS) is 13.8. The SMILES string of the molecule is CCOC(=O)CCc1cnc(NC(=O)Nc2ccc(C)cc2C(=O)C2CCCC2)s1.